The quantitative estimate of drug-likeness (QED) is 0.763. The van der Waals surface area contributed by atoms with Crippen molar-refractivity contribution >= 4 is 0 Å². The van der Waals surface area contributed by atoms with E-state index in [-0.39, 0.29) is 12.2 Å². The maximum absolute atomic E-state index is 13.8. The summed E-state index contributed by atoms with van der Waals surface area (Å²) < 4.78 is 27.0. The summed E-state index contributed by atoms with van der Waals surface area (Å²) in [4.78, 5) is 0. The van der Waals surface area contributed by atoms with Gasteiger partial charge in [-0.25, -0.2) is 8.78 Å². The molecule has 1 unspecified atom stereocenters. The lowest BCUT2D eigenvalue weighted by atomic mass is 9.64. The second-order valence-electron chi connectivity index (χ2n) is 4.92. The van der Waals surface area contributed by atoms with Crippen LogP contribution in [-0.4, -0.2) is 11.2 Å². The van der Waals surface area contributed by atoms with E-state index in [0.29, 0.717) is 25.7 Å². The van der Waals surface area contributed by atoms with Crippen molar-refractivity contribution in [2.24, 2.45) is 11.3 Å². The molecule has 0 aliphatic heterocycles. The summed E-state index contributed by atoms with van der Waals surface area (Å²) in [6, 6.07) is 2.17. The topological polar surface area (TPSA) is 44.0 Å². The van der Waals surface area contributed by atoms with E-state index in [1.807, 2.05) is 0 Å². The Kier molecular flexibility index (Phi) is 3.30. The van der Waals surface area contributed by atoms with Gasteiger partial charge in [0.2, 0.25) is 0 Å². The minimum Gasteiger partial charge on any atom is -0.393 e. The van der Waals surface area contributed by atoms with Crippen LogP contribution < -0.4 is 0 Å². The first-order valence-corrected chi connectivity index (χ1v) is 5.88. The van der Waals surface area contributed by atoms with Crippen LogP contribution in [0.3, 0.4) is 0 Å². The molecule has 17 heavy (non-hydrogen) atoms. The molecule has 92 valence electrons. The minimum absolute atomic E-state index is 0.0357. The fourth-order valence-electron chi connectivity index (χ4n) is 2.76. The van der Waals surface area contributed by atoms with Crippen LogP contribution in [0.5, 0.6) is 0 Å². The minimum atomic E-state index is -0.856. The van der Waals surface area contributed by atoms with Gasteiger partial charge in [-0.15, -0.1) is 0 Å². The van der Waals surface area contributed by atoms with Gasteiger partial charge in [0.05, 0.1) is 17.6 Å². The first-order valence-electron chi connectivity index (χ1n) is 5.88. The molecule has 0 bridgehead atoms. The molecule has 1 atom stereocenters. The van der Waals surface area contributed by atoms with Crippen molar-refractivity contribution in [2.75, 3.05) is 0 Å². The van der Waals surface area contributed by atoms with Gasteiger partial charge < -0.3 is 5.11 Å². The molecule has 0 aromatic heterocycles. The molecule has 0 spiro atoms. The average molecular weight is 239 g/mol. The van der Waals surface area contributed by atoms with Gasteiger partial charge >= 0.3 is 0 Å². The third-order valence-corrected chi connectivity index (χ3v) is 3.89. The van der Waals surface area contributed by atoms with Crippen molar-refractivity contribution in [2.45, 2.75) is 38.2 Å². The number of allylic oxidation sites excluding steroid dienone is 4. The number of nitriles is 1. The molecule has 2 nitrogen and oxygen atoms in total. The van der Waals surface area contributed by atoms with Crippen LogP contribution in [-0.2, 0) is 0 Å². The van der Waals surface area contributed by atoms with Gasteiger partial charge in [-0.1, -0.05) is 0 Å². The van der Waals surface area contributed by atoms with Crippen molar-refractivity contribution < 1.29 is 13.9 Å². The molecule has 1 saturated carbocycles. The lowest BCUT2D eigenvalue weighted by molar-refractivity contribution is 0.0599. The van der Waals surface area contributed by atoms with E-state index in [2.05, 4.69) is 6.07 Å². The zero-order chi connectivity index (χ0) is 12.5. The Morgan fingerprint density at radius 2 is 1.94 bits per heavy atom. The largest absolute Gasteiger partial charge is 0.393 e. The molecule has 2 aliphatic rings. The lowest BCUT2D eigenvalue weighted by Gasteiger charge is -2.39. The predicted molar refractivity (Wildman–Crippen MR) is 59.0 cm³/mol. The van der Waals surface area contributed by atoms with Crippen LogP contribution in [0, 0.1) is 22.7 Å². The Balaban J connectivity index is 2.23. The maximum Gasteiger partial charge on any atom is 0.105 e. The smallest absolute Gasteiger partial charge is 0.105 e. The van der Waals surface area contributed by atoms with Gasteiger partial charge in [0.25, 0.3) is 0 Å². The summed E-state index contributed by atoms with van der Waals surface area (Å²) in [5.41, 5.74) is -0.856. The second-order valence-corrected chi connectivity index (χ2v) is 4.92. The molecule has 0 aromatic rings. The highest BCUT2D eigenvalue weighted by Gasteiger charge is 2.45. The fourth-order valence-corrected chi connectivity index (χ4v) is 2.76. The molecule has 0 saturated heterocycles. The van der Waals surface area contributed by atoms with Crippen LogP contribution in [0.2, 0.25) is 0 Å². The Morgan fingerprint density at radius 3 is 2.53 bits per heavy atom. The van der Waals surface area contributed by atoms with E-state index in [1.165, 1.54) is 0 Å². The average Bonchev–Trinajstić information content (AvgIpc) is 2.34. The second kappa shape index (κ2) is 4.58. The number of rotatable bonds is 1. The molecule has 0 aromatic carbocycles. The zero-order valence-electron chi connectivity index (χ0n) is 9.50. The first-order chi connectivity index (χ1) is 8.07. The van der Waals surface area contributed by atoms with Crippen LogP contribution in [0.1, 0.15) is 32.1 Å². The monoisotopic (exact) mass is 239 g/mol. The molecule has 4 heteroatoms. The highest BCUT2D eigenvalue weighted by atomic mass is 19.1. The summed E-state index contributed by atoms with van der Waals surface area (Å²) in [5, 5.41) is 18.8. The van der Waals surface area contributed by atoms with Crippen molar-refractivity contribution in [3.8, 4) is 6.07 Å². The fraction of sp³-hybridized carbons (Fsp3) is 0.615. The van der Waals surface area contributed by atoms with Gasteiger partial charge in [-0.2, -0.15) is 5.26 Å². The highest BCUT2D eigenvalue weighted by molar-refractivity contribution is 5.25. The molecule has 0 radical (unpaired) electrons. The molecule has 0 amide bonds. The third-order valence-electron chi connectivity index (χ3n) is 3.89. The van der Waals surface area contributed by atoms with Crippen molar-refractivity contribution in [1.29, 1.82) is 5.26 Å². The van der Waals surface area contributed by atoms with Gasteiger partial charge in [0.15, 0.2) is 0 Å². The van der Waals surface area contributed by atoms with Crippen LogP contribution >= 0.6 is 0 Å². The highest BCUT2D eigenvalue weighted by Crippen LogP contribution is 2.49. The van der Waals surface area contributed by atoms with Gasteiger partial charge in [-0.05, 0) is 37.8 Å². The number of nitrogens with zero attached hydrogens (tertiary/aromatic N) is 1. The summed E-state index contributed by atoms with van der Waals surface area (Å²) >= 11 is 0. The molecular formula is C13H15F2NO. The summed E-state index contributed by atoms with van der Waals surface area (Å²) in [5.74, 6) is -1.48. The Labute approximate surface area is 99.2 Å². The SMILES string of the molecule is N#CC1(C2CC(F)=CC=C2F)CCC(O)CC1. The number of hydrogen-bond acceptors (Lipinski definition) is 2. The van der Waals surface area contributed by atoms with E-state index in [9.17, 15) is 19.1 Å². The summed E-state index contributed by atoms with van der Waals surface area (Å²) in [6.45, 7) is 0. The summed E-state index contributed by atoms with van der Waals surface area (Å²) in [7, 11) is 0. The molecular weight excluding hydrogens is 224 g/mol. The Morgan fingerprint density at radius 1 is 1.29 bits per heavy atom. The lowest BCUT2D eigenvalue weighted by Crippen LogP contribution is -2.36. The number of halogens is 2. The Bertz CT molecular complexity index is 400. The van der Waals surface area contributed by atoms with Gasteiger partial charge in [0, 0.05) is 12.3 Å². The van der Waals surface area contributed by atoms with Crippen LogP contribution in [0.4, 0.5) is 8.78 Å². The zero-order valence-corrected chi connectivity index (χ0v) is 9.50. The molecule has 0 heterocycles. The molecule has 2 rings (SSSR count). The summed E-state index contributed by atoms with van der Waals surface area (Å²) in [6.07, 6.45) is 3.64. The van der Waals surface area contributed by atoms with E-state index in [4.69, 9.17) is 0 Å². The molecule has 1 fully saturated rings. The maximum atomic E-state index is 13.8. The van der Waals surface area contributed by atoms with E-state index in [0.717, 1.165) is 12.2 Å². The van der Waals surface area contributed by atoms with Crippen LogP contribution in [0.25, 0.3) is 0 Å². The predicted octanol–water partition coefficient (Wildman–Crippen LogP) is 3.16. The van der Waals surface area contributed by atoms with E-state index >= 15 is 0 Å². The third kappa shape index (κ3) is 2.25. The molecule has 1 N–H and O–H groups in total. The van der Waals surface area contributed by atoms with Crippen molar-refractivity contribution in [1.82, 2.24) is 0 Å². The Hall–Kier alpha value is -1.21. The van der Waals surface area contributed by atoms with Crippen LogP contribution in [0.15, 0.2) is 23.8 Å². The van der Waals surface area contributed by atoms with E-state index in [1.54, 1.807) is 0 Å². The number of aliphatic hydroxyl groups is 1. The van der Waals surface area contributed by atoms with E-state index < -0.39 is 23.3 Å². The first kappa shape index (κ1) is 12.3. The van der Waals surface area contributed by atoms with Gasteiger partial charge in [0.1, 0.15) is 11.7 Å². The standard InChI is InChI=1S/C13H15F2NO/c14-9-1-2-12(15)11(7-9)13(8-16)5-3-10(17)4-6-13/h1-2,10-11,17H,3-7H2. The molecule has 2 aliphatic carbocycles. The normalized spacial score (nSPS) is 38.0. The van der Waals surface area contributed by atoms with Crippen molar-refractivity contribution in [3.05, 3.63) is 23.8 Å². The number of aliphatic hydroxyl groups excluding tert-OH is 1. The van der Waals surface area contributed by atoms with Gasteiger partial charge in [-0.3, -0.25) is 0 Å². The number of hydrogen-bond donors (Lipinski definition) is 1. The van der Waals surface area contributed by atoms with Crippen molar-refractivity contribution in [3.63, 3.8) is 0 Å².